The average molecular weight is 462 g/mol. The van der Waals surface area contributed by atoms with E-state index >= 15 is 0 Å². The van der Waals surface area contributed by atoms with Crippen LogP contribution < -0.4 is 0 Å². The summed E-state index contributed by atoms with van der Waals surface area (Å²) in [7, 11) is 0. The van der Waals surface area contributed by atoms with Crippen LogP contribution in [-0.4, -0.2) is 41.2 Å². The molecule has 3 unspecified atom stereocenters. The molecule has 1 saturated carbocycles. The van der Waals surface area contributed by atoms with Gasteiger partial charge in [0, 0.05) is 18.4 Å². The minimum Gasteiger partial charge on any atom is -0.481 e. The van der Waals surface area contributed by atoms with Crippen molar-refractivity contribution in [2.75, 3.05) is 13.1 Å². The molecular formula is C30H39NO3. The van der Waals surface area contributed by atoms with Gasteiger partial charge in [0.1, 0.15) is 0 Å². The Balaban J connectivity index is 1.34. The van der Waals surface area contributed by atoms with Gasteiger partial charge in [-0.25, -0.2) is 0 Å². The highest BCUT2D eigenvalue weighted by Gasteiger charge is 2.39. The number of carboxylic acids is 1. The lowest BCUT2D eigenvalue weighted by Crippen LogP contribution is -2.43. The predicted octanol–water partition coefficient (Wildman–Crippen LogP) is 6.70. The first kappa shape index (κ1) is 24.7. The third kappa shape index (κ3) is 7.04. The molecule has 0 amide bonds. The van der Waals surface area contributed by atoms with Crippen LogP contribution in [-0.2, 0) is 16.1 Å². The smallest absolute Gasteiger partial charge is 0.303 e. The molecule has 1 heterocycles. The lowest BCUT2D eigenvalue weighted by Gasteiger charge is -2.37. The van der Waals surface area contributed by atoms with E-state index in [0.29, 0.717) is 31.1 Å². The average Bonchev–Trinajstić information content (AvgIpc) is 3.28. The minimum atomic E-state index is -0.726. The van der Waals surface area contributed by atoms with Gasteiger partial charge >= 0.3 is 5.97 Å². The Morgan fingerprint density at radius 1 is 0.912 bits per heavy atom. The number of allylic oxidation sites excluding steroid dienone is 2. The summed E-state index contributed by atoms with van der Waals surface area (Å²) in [6.45, 7) is 3.12. The van der Waals surface area contributed by atoms with Gasteiger partial charge < -0.3 is 14.7 Å². The van der Waals surface area contributed by atoms with Crippen molar-refractivity contribution in [3.8, 4) is 11.1 Å². The summed E-state index contributed by atoms with van der Waals surface area (Å²) in [4.78, 5) is 13.4. The number of rotatable bonds is 11. The zero-order valence-corrected chi connectivity index (χ0v) is 20.3. The molecule has 2 aromatic carbocycles. The van der Waals surface area contributed by atoms with Gasteiger partial charge in [0.05, 0.1) is 12.7 Å². The summed E-state index contributed by atoms with van der Waals surface area (Å²) in [5.41, 5.74) is 3.71. The Kier molecular flexibility index (Phi) is 9.35. The van der Waals surface area contributed by atoms with E-state index in [9.17, 15) is 4.79 Å². The fourth-order valence-corrected chi connectivity index (χ4v) is 5.66. The van der Waals surface area contributed by atoms with Gasteiger partial charge in [-0.2, -0.15) is 0 Å². The molecule has 0 spiro atoms. The maximum atomic E-state index is 10.7. The maximum absolute atomic E-state index is 10.7. The highest BCUT2D eigenvalue weighted by molar-refractivity contribution is 5.66. The number of benzene rings is 2. The van der Waals surface area contributed by atoms with E-state index in [1.807, 2.05) is 12.1 Å². The molecular weight excluding hydrogens is 422 g/mol. The second kappa shape index (κ2) is 12.9. The third-order valence-corrected chi connectivity index (χ3v) is 7.46. The third-order valence-electron chi connectivity index (χ3n) is 7.46. The van der Waals surface area contributed by atoms with Gasteiger partial charge in [0.25, 0.3) is 0 Å². The molecule has 3 atom stereocenters. The van der Waals surface area contributed by atoms with Crippen LogP contribution in [0.25, 0.3) is 11.1 Å². The summed E-state index contributed by atoms with van der Waals surface area (Å²) in [5.74, 6) is -0.179. The number of ether oxygens (including phenoxy) is 1. The van der Waals surface area contributed by atoms with Crippen LogP contribution in [0.3, 0.4) is 0 Å². The van der Waals surface area contributed by atoms with Gasteiger partial charge in [-0.3, -0.25) is 4.79 Å². The number of nitrogens with zero attached hydrogens (tertiary/aromatic N) is 1. The summed E-state index contributed by atoms with van der Waals surface area (Å²) in [6.07, 6.45) is 13.8. The Morgan fingerprint density at radius 3 is 2.35 bits per heavy atom. The molecule has 1 aliphatic heterocycles. The first-order chi connectivity index (χ1) is 16.7. The number of aliphatic carboxylic acids is 1. The van der Waals surface area contributed by atoms with Crippen molar-refractivity contribution >= 4 is 5.97 Å². The van der Waals surface area contributed by atoms with Crippen molar-refractivity contribution in [3.63, 3.8) is 0 Å². The Hall–Kier alpha value is -2.43. The molecule has 1 N–H and O–H groups in total. The van der Waals surface area contributed by atoms with Crippen molar-refractivity contribution in [3.05, 3.63) is 72.3 Å². The molecule has 34 heavy (non-hydrogen) atoms. The first-order valence-electron chi connectivity index (χ1n) is 13.1. The molecule has 4 heteroatoms. The van der Waals surface area contributed by atoms with Crippen LogP contribution in [0.4, 0.5) is 0 Å². The standard InChI is InChI=1S/C30H39NO3/c32-30(33)14-8-2-1-7-13-27-28(31-21-9-4-10-22-31)19-20-29(27)34-23-24-15-17-26(18-16-24)25-11-5-3-6-12-25/h1-3,5-6,11-12,15-18,27-29H,4,7-10,13-14,19-23H2,(H,32,33)/b2-1-. The van der Waals surface area contributed by atoms with Gasteiger partial charge in [-0.15, -0.1) is 0 Å². The number of hydrogen-bond acceptors (Lipinski definition) is 3. The van der Waals surface area contributed by atoms with E-state index in [-0.39, 0.29) is 6.42 Å². The van der Waals surface area contributed by atoms with E-state index in [2.05, 4.69) is 59.5 Å². The number of piperidine rings is 1. The van der Waals surface area contributed by atoms with E-state index in [0.717, 1.165) is 19.3 Å². The lowest BCUT2D eigenvalue weighted by atomic mass is 9.93. The monoisotopic (exact) mass is 461 g/mol. The Labute approximate surface area is 204 Å². The second-order valence-electron chi connectivity index (χ2n) is 9.80. The molecule has 2 aliphatic rings. The van der Waals surface area contributed by atoms with Crippen LogP contribution >= 0.6 is 0 Å². The normalized spacial score (nSPS) is 23.5. The zero-order chi connectivity index (χ0) is 23.6. The van der Waals surface area contributed by atoms with E-state index in [4.69, 9.17) is 9.84 Å². The first-order valence-corrected chi connectivity index (χ1v) is 13.1. The van der Waals surface area contributed by atoms with Crippen LogP contribution in [0.2, 0.25) is 0 Å². The van der Waals surface area contributed by atoms with Crippen LogP contribution in [0.1, 0.15) is 63.4 Å². The summed E-state index contributed by atoms with van der Waals surface area (Å²) < 4.78 is 6.55. The van der Waals surface area contributed by atoms with E-state index < -0.39 is 5.97 Å². The minimum absolute atomic E-state index is 0.213. The van der Waals surface area contributed by atoms with Gasteiger partial charge in [-0.1, -0.05) is 73.2 Å². The Bertz CT molecular complexity index is 902. The second-order valence-corrected chi connectivity index (χ2v) is 9.80. The van der Waals surface area contributed by atoms with E-state index in [1.165, 1.54) is 55.5 Å². The fourth-order valence-electron chi connectivity index (χ4n) is 5.66. The zero-order valence-electron chi connectivity index (χ0n) is 20.3. The molecule has 2 aromatic rings. The van der Waals surface area contributed by atoms with E-state index in [1.54, 1.807) is 0 Å². The van der Waals surface area contributed by atoms with Crippen molar-refractivity contribution < 1.29 is 14.6 Å². The SMILES string of the molecule is O=C(O)CC/C=C\CCC1C(OCc2ccc(-c3ccccc3)cc2)CCC1N1CCCCC1. The number of likely N-dealkylation sites (tertiary alicyclic amines) is 1. The summed E-state index contributed by atoms with van der Waals surface area (Å²) >= 11 is 0. The quantitative estimate of drug-likeness (QED) is 0.378. The van der Waals surface area contributed by atoms with Crippen LogP contribution in [0.15, 0.2) is 66.7 Å². The largest absolute Gasteiger partial charge is 0.481 e. The van der Waals surface area contributed by atoms with Gasteiger partial charge in [-0.05, 0) is 74.7 Å². The molecule has 1 aliphatic carbocycles. The molecule has 0 aromatic heterocycles. The molecule has 4 rings (SSSR count). The number of carboxylic acid groups (broad SMARTS) is 1. The summed E-state index contributed by atoms with van der Waals surface area (Å²) in [6, 6.07) is 19.9. The number of carbonyl (C=O) groups is 1. The fraction of sp³-hybridized carbons (Fsp3) is 0.500. The molecule has 0 bridgehead atoms. The van der Waals surface area contributed by atoms with Crippen LogP contribution in [0, 0.1) is 5.92 Å². The van der Waals surface area contributed by atoms with Gasteiger partial charge in [0.15, 0.2) is 0 Å². The highest BCUT2D eigenvalue weighted by atomic mass is 16.5. The molecule has 4 nitrogen and oxygen atoms in total. The number of hydrogen-bond donors (Lipinski definition) is 1. The maximum Gasteiger partial charge on any atom is 0.303 e. The van der Waals surface area contributed by atoms with Crippen molar-refractivity contribution in [1.29, 1.82) is 0 Å². The predicted molar refractivity (Wildman–Crippen MR) is 138 cm³/mol. The topological polar surface area (TPSA) is 49.8 Å². The Morgan fingerprint density at radius 2 is 1.62 bits per heavy atom. The van der Waals surface area contributed by atoms with Crippen molar-refractivity contribution in [1.82, 2.24) is 4.90 Å². The molecule has 182 valence electrons. The van der Waals surface area contributed by atoms with Crippen LogP contribution in [0.5, 0.6) is 0 Å². The highest BCUT2D eigenvalue weighted by Crippen LogP contribution is 2.37. The molecule has 2 fully saturated rings. The lowest BCUT2D eigenvalue weighted by molar-refractivity contribution is -0.136. The van der Waals surface area contributed by atoms with Crippen molar-refractivity contribution in [2.45, 2.75) is 76.5 Å². The van der Waals surface area contributed by atoms with Gasteiger partial charge in [0.2, 0.25) is 0 Å². The van der Waals surface area contributed by atoms with Crippen molar-refractivity contribution in [2.24, 2.45) is 5.92 Å². The molecule has 0 radical (unpaired) electrons. The molecule has 1 saturated heterocycles. The summed E-state index contributed by atoms with van der Waals surface area (Å²) in [5, 5.41) is 8.83.